The van der Waals surface area contributed by atoms with Gasteiger partial charge in [-0.3, -0.25) is 0 Å². The number of nitrogens with zero attached hydrogens (tertiary/aromatic N) is 3. The minimum Gasteiger partial charge on any atom is -0.352 e. The van der Waals surface area contributed by atoms with Gasteiger partial charge in [-0.2, -0.15) is 0 Å². The Morgan fingerprint density at radius 3 is 1.60 bits per heavy atom. The molecule has 0 aromatic rings. The van der Waals surface area contributed by atoms with Crippen molar-refractivity contribution in [3.63, 3.8) is 0 Å². The van der Waals surface area contributed by atoms with E-state index in [-0.39, 0.29) is 11.1 Å². The summed E-state index contributed by atoms with van der Waals surface area (Å²) in [6.07, 6.45) is 29.4. The molecule has 10 saturated carbocycles. The molecule has 10 rings (SSSR count). The molecule has 8 bridgehead atoms. The van der Waals surface area contributed by atoms with Gasteiger partial charge >= 0.3 is 0 Å². The lowest BCUT2D eigenvalue weighted by atomic mass is 9.53. The molecule has 0 aromatic heterocycles. The summed E-state index contributed by atoms with van der Waals surface area (Å²) in [5, 5.41) is 10.1. The van der Waals surface area contributed by atoms with Crippen LogP contribution in [0.25, 0.3) is 0 Å². The van der Waals surface area contributed by atoms with E-state index in [1.807, 2.05) is 5.01 Å². The number of aliphatic imine (C=N–C) groups is 2. The first-order valence-corrected chi connectivity index (χ1v) is 17.8. The van der Waals surface area contributed by atoms with Crippen molar-refractivity contribution in [3.05, 3.63) is 0 Å². The molecule has 0 amide bonds. The number of hydrogen-bond donors (Lipinski definition) is 3. The Labute approximate surface area is 243 Å². The molecule has 10 aliphatic rings. The van der Waals surface area contributed by atoms with E-state index in [0.29, 0.717) is 12.1 Å². The van der Waals surface area contributed by atoms with Crippen molar-refractivity contribution < 1.29 is 0 Å². The zero-order chi connectivity index (χ0) is 26.7. The van der Waals surface area contributed by atoms with Crippen LogP contribution in [0.2, 0.25) is 0 Å². The van der Waals surface area contributed by atoms with Crippen LogP contribution in [0.15, 0.2) is 9.98 Å². The second-order valence-electron chi connectivity index (χ2n) is 16.5. The molecule has 0 saturated heterocycles. The highest BCUT2D eigenvalue weighted by atomic mass is 15.6. The third kappa shape index (κ3) is 5.22. The zero-order valence-electron chi connectivity index (χ0n) is 25.1. The maximum Gasteiger partial charge on any atom is 0.216 e. The van der Waals surface area contributed by atoms with Gasteiger partial charge in [0.05, 0.1) is 11.6 Å². The number of nitrogens with two attached hydrogens (primary N) is 1. The second kappa shape index (κ2) is 10.5. The second-order valence-corrected chi connectivity index (χ2v) is 16.5. The van der Waals surface area contributed by atoms with E-state index in [1.54, 1.807) is 0 Å². The van der Waals surface area contributed by atoms with Crippen molar-refractivity contribution in [3.8, 4) is 0 Å². The first-order chi connectivity index (χ1) is 19.5. The SMILES string of the molecule is NN(C(=NC1CCCCC1)NC1CCCCC1)C(=NC12CC3CC(CC(C3)C1)C2)NC12CC3CC(CC(C3)C1)C2. The van der Waals surface area contributed by atoms with E-state index < -0.39 is 0 Å². The first kappa shape index (κ1) is 26.3. The van der Waals surface area contributed by atoms with Gasteiger partial charge in [0, 0.05) is 11.6 Å². The average Bonchev–Trinajstić information content (AvgIpc) is 2.91. The minimum absolute atomic E-state index is 0.0950. The van der Waals surface area contributed by atoms with E-state index >= 15 is 0 Å². The molecule has 222 valence electrons. The van der Waals surface area contributed by atoms with Crippen LogP contribution in [0.5, 0.6) is 0 Å². The monoisotopic (exact) mass is 548 g/mol. The normalized spacial score (nSPS) is 45.2. The quantitative estimate of drug-likeness (QED) is 0.159. The van der Waals surface area contributed by atoms with Crippen LogP contribution in [0, 0.1) is 35.5 Å². The molecule has 10 fully saturated rings. The van der Waals surface area contributed by atoms with Crippen LogP contribution >= 0.6 is 0 Å². The smallest absolute Gasteiger partial charge is 0.216 e. The molecule has 0 aliphatic heterocycles. The fourth-order valence-electron chi connectivity index (χ4n) is 12.2. The molecule has 0 radical (unpaired) electrons. The van der Waals surface area contributed by atoms with E-state index in [1.165, 1.54) is 141 Å². The summed E-state index contributed by atoms with van der Waals surface area (Å²) >= 11 is 0. The summed E-state index contributed by atoms with van der Waals surface area (Å²) in [7, 11) is 0. The van der Waals surface area contributed by atoms with Gasteiger partial charge in [-0.1, -0.05) is 38.5 Å². The summed E-state index contributed by atoms with van der Waals surface area (Å²) in [6, 6.07) is 0.883. The molecule has 10 aliphatic carbocycles. The molecular formula is C34H56N6. The van der Waals surface area contributed by atoms with Gasteiger partial charge in [0.25, 0.3) is 0 Å². The Hall–Kier alpha value is -1.30. The number of rotatable bonds is 4. The molecular weight excluding hydrogens is 492 g/mol. The van der Waals surface area contributed by atoms with Gasteiger partial charge in [-0.25, -0.2) is 20.8 Å². The standard InChI is InChI=1S/C34H56N6/c35-40(31(36-29-7-3-1-4-8-29)37-30-9-5-2-6-10-30)32(38-33-17-23-11-24(18-33)13-25(12-23)19-33)39-34-20-26-14-27(21-34)16-28(15-26)22-34/h23-30H,1-22,35H2,(H,36,37)(H,38,39). The van der Waals surface area contributed by atoms with Gasteiger partial charge in [-0.15, -0.1) is 0 Å². The van der Waals surface area contributed by atoms with Gasteiger partial charge < -0.3 is 10.6 Å². The van der Waals surface area contributed by atoms with Crippen LogP contribution < -0.4 is 16.5 Å². The summed E-state index contributed by atoms with van der Waals surface area (Å²) in [5.74, 6) is 14.6. The van der Waals surface area contributed by atoms with Crippen LogP contribution in [0.1, 0.15) is 141 Å². The molecule has 0 spiro atoms. The maximum absolute atomic E-state index is 7.30. The van der Waals surface area contributed by atoms with E-state index in [2.05, 4.69) is 10.6 Å². The molecule has 0 heterocycles. The van der Waals surface area contributed by atoms with Gasteiger partial charge in [0.2, 0.25) is 11.9 Å². The number of hydrazine groups is 1. The number of guanidine groups is 2. The van der Waals surface area contributed by atoms with Crippen molar-refractivity contribution in [2.45, 2.75) is 164 Å². The molecule has 6 heteroatoms. The highest BCUT2D eigenvalue weighted by Crippen LogP contribution is 2.58. The molecule has 6 nitrogen and oxygen atoms in total. The van der Waals surface area contributed by atoms with Gasteiger partial charge in [0.15, 0.2) is 0 Å². The first-order valence-electron chi connectivity index (χ1n) is 17.8. The molecule has 40 heavy (non-hydrogen) atoms. The maximum atomic E-state index is 7.30. The van der Waals surface area contributed by atoms with Crippen LogP contribution in [0.4, 0.5) is 0 Å². The van der Waals surface area contributed by atoms with E-state index in [4.69, 9.17) is 15.8 Å². The number of nitrogens with one attached hydrogen (secondary N) is 2. The highest BCUT2D eigenvalue weighted by Gasteiger charge is 2.54. The Morgan fingerprint density at radius 2 is 1.07 bits per heavy atom. The third-order valence-corrected chi connectivity index (χ3v) is 13.0. The summed E-state index contributed by atoms with van der Waals surface area (Å²) in [5.41, 5.74) is 0.284. The van der Waals surface area contributed by atoms with Crippen molar-refractivity contribution in [2.75, 3.05) is 0 Å². The zero-order valence-corrected chi connectivity index (χ0v) is 25.1. The van der Waals surface area contributed by atoms with Crippen LogP contribution in [-0.2, 0) is 0 Å². The van der Waals surface area contributed by atoms with Crippen molar-refractivity contribution in [1.82, 2.24) is 15.6 Å². The Bertz CT molecular complexity index is 918. The summed E-state index contributed by atoms with van der Waals surface area (Å²) < 4.78 is 0. The highest BCUT2D eigenvalue weighted by molar-refractivity contribution is 5.98. The van der Waals surface area contributed by atoms with Gasteiger partial charge in [0.1, 0.15) is 0 Å². The lowest BCUT2D eigenvalue weighted by molar-refractivity contribution is -0.0131. The molecule has 0 atom stereocenters. The van der Waals surface area contributed by atoms with E-state index in [0.717, 1.165) is 47.4 Å². The van der Waals surface area contributed by atoms with E-state index in [9.17, 15) is 0 Å². The van der Waals surface area contributed by atoms with Crippen molar-refractivity contribution >= 4 is 11.9 Å². The Morgan fingerprint density at radius 1 is 0.600 bits per heavy atom. The lowest BCUT2D eigenvalue weighted by Gasteiger charge is -2.58. The number of hydrogen-bond acceptors (Lipinski definition) is 3. The van der Waals surface area contributed by atoms with Crippen LogP contribution in [-0.4, -0.2) is 40.1 Å². The third-order valence-electron chi connectivity index (χ3n) is 13.0. The lowest BCUT2D eigenvalue weighted by Crippen LogP contribution is -2.66. The van der Waals surface area contributed by atoms with Crippen molar-refractivity contribution in [1.29, 1.82) is 0 Å². The average molecular weight is 549 g/mol. The predicted octanol–water partition coefficient (Wildman–Crippen LogP) is 6.66. The van der Waals surface area contributed by atoms with Crippen LogP contribution in [0.3, 0.4) is 0 Å². The Kier molecular flexibility index (Phi) is 6.88. The molecule has 0 unspecified atom stereocenters. The summed E-state index contributed by atoms with van der Waals surface area (Å²) in [6.45, 7) is 0. The largest absolute Gasteiger partial charge is 0.352 e. The summed E-state index contributed by atoms with van der Waals surface area (Å²) in [4.78, 5) is 11.3. The van der Waals surface area contributed by atoms with Crippen molar-refractivity contribution in [2.24, 2.45) is 51.3 Å². The minimum atomic E-state index is 0.0950. The van der Waals surface area contributed by atoms with Gasteiger partial charge in [-0.05, 0) is 138 Å². The molecule has 4 N–H and O–H groups in total. The molecule has 0 aromatic carbocycles. The Balaban J connectivity index is 1.13. The predicted molar refractivity (Wildman–Crippen MR) is 163 cm³/mol. The fraction of sp³-hybridized carbons (Fsp3) is 0.941. The fourth-order valence-corrected chi connectivity index (χ4v) is 12.2. The topological polar surface area (TPSA) is 78.0 Å².